The van der Waals surface area contributed by atoms with Gasteiger partial charge in [-0.25, -0.2) is 4.39 Å². The number of benzene rings is 1. The lowest BCUT2D eigenvalue weighted by molar-refractivity contribution is -0.140. The summed E-state index contributed by atoms with van der Waals surface area (Å²) >= 11 is 0. The van der Waals surface area contributed by atoms with E-state index >= 15 is 0 Å². The molecular weight excluding hydrogens is 247 g/mol. The lowest BCUT2D eigenvalue weighted by Crippen LogP contribution is -2.24. The molecule has 0 amide bonds. The fourth-order valence-corrected chi connectivity index (χ4v) is 3.00. The van der Waals surface area contributed by atoms with E-state index in [0.717, 1.165) is 32.1 Å². The lowest BCUT2D eigenvalue weighted by Gasteiger charge is -2.28. The molecule has 0 spiro atoms. The van der Waals surface area contributed by atoms with Gasteiger partial charge in [0.1, 0.15) is 11.6 Å². The molecule has 1 aromatic carbocycles. The third kappa shape index (κ3) is 3.06. The average Bonchev–Trinajstić information content (AvgIpc) is 2.40. The van der Waals surface area contributed by atoms with Gasteiger partial charge in [-0.15, -0.1) is 0 Å². The number of hydrogen-bond donors (Lipinski definition) is 1. The molecule has 19 heavy (non-hydrogen) atoms. The summed E-state index contributed by atoms with van der Waals surface area (Å²) in [4.78, 5) is 11.6. The summed E-state index contributed by atoms with van der Waals surface area (Å²) in [5, 5.41) is 9.51. The van der Waals surface area contributed by atoms with E-state index in [4.69, 9.17) is 4.74 Å². The minimum atomic E-state index is -0.893. The van der Waals surface area contributed by atoms with Gasteiger partial charge in [-0.1, -0.05) is 19.3 Å². The molecule has 0 radical (unpaired) electrons. The van der Waals surface area contributed by atoms with E-state index in [1.807, 2.05) is 0 Å². The second-order valence-corrected chi connectivity index (χ2v) is 5.10. The number of carbonyl (C=O) groups is 1. The van der Waals surface area contributed by atoms with E-state index in [0.29, 0.717) is 11.3 Å². The van der Waals surface area contributed by atoms with Gasteiger partial charge >= 0.3 is 5.97 Å². The highest BCUT2D eigenvalue weighted by atomic mass is 19.1. The highest BCUT2D eigenvalue weighted by Crippen LogP contribution is 2.39. The summed E-state index contributed by atoms with van der Waals surface area (Å²) in [6.07, 6.45) is 5.02. The molecule has 0 heterocycles. The Morgan fingerprint density at radius 1 is 1.37 bits per heavy atom. The van der Waals surface area contributed by atoms with Gasteiger partial charge in [0.15, 0.2) is 0 Å². The molecule has 3 nitrogen and oxygen atoms in total. The predicted molar refractivity (Wildman–Crippen MR) is 69.9 cm³/mol. The number of ether oxygens (including phenoxy) is 1. The Morgan fingerprint density at radius 2 is 2.05 bits per heavy atom. The topological polar surface area (TPSA) is 46.5 Å². The van der Waals surface area contributed by atoms with Crippen molar-refractivity contribution in [1.82, 2.24) is 0 Å². The molecular formula is C15H19FO3. The average molecular weight is 266 g/mol. The molecule has 1 saturated carbocycles. The number of carboxylic acids is 1. The lowest BCUT2D eigenvalue weighted by atomic mass is 9.76. The van der Waals surface area contributed by atoms with Crippen molar-refractivity contribution in [2.45, 2.75) is 38.0 Å². The molecule has 0 bridgehead atoms. The van der Waals surface area contributed by atoms with Crippen molar-refractivity contribution in [2.24, 2.45) is 5.92 Å². The Morgan fingerprint density at radius 3 is 2.63 bits per heavy atom. The SMILES string of the molecule is COc1ccc(F)cc1C(C(=O)O)C1CCCCC1. The molecule has 1 unspecified atom stereocenters. The molecule has 4 heteroatoms. The maximum Gasteiger partial charge on any atom is 0.311 e. The number of halogens is 1. The smallest absolute Gasteiger partial charge is 0.311 e. The molecule has 1 aliphatic rings. The first-order valence-electron chi connectivity index (χ1n) is 6.69. The summed E-state index contributed by atoms with van der Waals surface area (Å²) in [6.45, 7) is 0. The molecule has 1 atom stereocenters. The van der Waals surface area contributed by atoms with Crippen LogP contribution in [0.25, 0.3) is 0 Å². The molecule has 1 aromatic rings. The summed E-state index contributed by atoms with van der Waals surface area (Å²) in [5.41, 5.74) is 0.460. The summed E-state index contributed by atoms with van der Waals surface area (Å²) in [5.74, 6) is -1.46. The second-order valence-electron chi connectivity index (χ2n) is 5.10. The van der Waals surface area contributed by atoms with E-state index in [1.165, 1.54) is 25.3 Å². The van der Waals surface area contributed by atoms with Crippen molar-refractivity contribution in [1.29, 1.82) is 0 Å². The molecule has 2 rings (SSSR count). The van der Waals surface area contributed by atoms with Crippen LogP contribution in [0.5, 0.6) is 5.75 Å². The standard InChI is InChI=1S/C15H19FO3/c1-19-13-8-7-11(16)9-12(13)14(15(17)18)10-5-3-2-4-6-10/h7-10,14H,2-6H2,1H3,(H,17,18). The van der Waals surface area contributed by atoms with Crippen molar-refractivity contribution in [2.75, 3.05) is 7.11 Å². The predicted octanol–water partition coefficient (Wildman–Crippen LogP) is 3.58. The summed E-state index contributed by atoms with van der Waals surface area (Å²) in [7, 11) is 1.48. The van der Waals surface area contributed by atoms with E-state index in [-0.39, 0.29) is 5.92 Å². The molecule has 0 saturated heterocycles. The normalized spacial score (nSPS) is 18.0. The fourth-order valence-electron chi connectivity index (χ4n) is 3.00. The zero-order valence-electron chi connectivity index (χ0n) is 11.1. The van der Waals surface area contributed by atoms with Gasteiger partial charge in [0.25, 0.3) is 0 Å². The Bertz CT molecular complexity index is 453. The van der Waals surface area contributed by atoms with Crippen LogP contribution >= 0.6 is 0 Å². The number of hydrogen-bond acceptors (Lipinski definition) is 2. The van der Waals surface area contributed by atoms with Crippen LogP contribution < -0.4 is 4.74 Å². The van der Waals surface area contributed by atoms with Crippen LogP contribution in [0.15, 0.2) is 18.2 Å². The number of carboxylic acid groups (broad SMARTS) is 1. The highest BCUT2D eigenvalue weighted by Gasteiger charge is 2.33. The van der Waals surface area contributed by atoms with E-state index in [2.05, 4.69) is 0 Å². The van der Waals surface area contributed by atoms with Gasteiger partial charge in [0, 0.05) is 5.56 Å². The van der Waals surface area contributed by atoms with E-state index < -0.39 is 17.7 Å². The monoisotopic (exact) mass is 266 g/mol. The van der Waals surface area contributed by atoms with Gasteiger partial charge in [-0.3, -0.25) is 4.79 Å². The Balaban J connectivity index is 2.37. The molecule has 0 aromatic heterocycles. The second kappa shape index (κ2) is 6.04. The first-order valence-corrected chi connectivity index (χ1v) is 6.69. The van der Waals surface area contributed by atoms with Crippen LogP contribution in [0.1, 0.15) is 43.6 Å². The van der Waals surface area contributed by atoms with Crippen LogP contribution in [0.3, 0.4) is 0 Å². The van der Waals surface area contributed by atoms with Crippen molar-refractivity contribution < 1.29 is 19.0 Å². The van der Waals surface area contributed by atoms with Crippen LogP contribution in [0, 0.1) is 11.7 Å². The maximum atomic E-state index is 13.4. The van der Waals surface area contributed by atoms with Crippen LogP contribution in [0.4, 0.5) is 4.39 Å². The van der Waals surface area contributed by atoms with Gasteiger partial charge in [-0.2, -0.15) is 0 Å². The minimum Gasteiger partial charge on any atom is -0.496 e. The quantitative estimate of drug-likeness (QED) is 0.906. The third-order valence-corrected chi connectivity index (χ3v) is 3.91. The van der Waals surface area contributed by atoms with Gasteiger partial charge in [0.2, 0.25) is 0 Å². The largest absolute Gasteiger partial charge is 0.496 e. The first kappa shape index (κ1) is 13.8. The van der Waals surface area contributed by atoms with Crippen LogP contribution in [-0.4, -0.2) is 18.2 Å². The Kier molecular flexibility index (Phi) is 4.40. The minimum absolute atomic E-state index is 0.0712. The Hall–Kier alpha value is -1.58. The third-order valence-electron chi connectivity index (χ3n) is 3.91. The number of rotatable bonds is 4. The molecule has 0 aliphatic heterocycles. The van der Waals surface area contributed by atoms with E-state index in [1.54, 1.807) is 0 Å². The van der Waals surface area contributed by atoms with Crippen molar-refractivity contribution in [3.05, 3.63) is 29.6 Å². The molecule has 104 valence electrons. The number of aliphatic carboxylic acids is 1. The van der Waals surface area contributed by atoms with Crippen LogP contribution in [-0.2, 0) is 4.79 Å². The number of methoxy groups -OCH3 is 1. The first-order chi connectivity index (χ1) is 9.13. The van der Waals surface area contributed by atoms with Gasteiger partial charge in [-0.05, 0) is 37.0 Å². The maximum absolute atomic E-state index is 13.4. The van der Waals surface area contributed by atoms with Crippen LogP contribution in [0.2, 0.25) is 0 Å². The van der Waals surface area contributed by atoms with Crippen molar-refractivity contribution >= 4 is 5.97 Å². The molecule has 1 fully saturated rings. The summed E-state index contributed by atoms with van der Waals surface area (Å²) < 4.78 is 18.6. The molecule has 1 aliphatic carbocycles. The fraction of sp³-hybridized carbons (Fsp3) is 0.533. The van der Waals surface area contributed by atoms with Crippen molar-refractivity contribution in [3.8, 4) is 5.75 Å². The summed E-state index contributed by atoms with van der Waals surface area (Å²) in [6, 6.07) is 4.10. The highest BCUT2D eigenvalue weighted by molar-refractivity contribution is 5.77. The van der Waals surface area contributed by atoms with E-state index in [9.17, 15) is 14.3 Å². The van der Waals surface area contributed by atoms with Crippen molar-refractivity contribution in [3.63, 3.8) is 0 Å². The zero-order valence-corrected chi connectivity index (χ0v) is 11.1. The van der Waals surface area contributed by atoms with Gasteiger partial charge in [0.05, 0.1) is 13.0 Å². The van der Waals surface area contributed by atoms with Gasteiger partial charge < -0.3 is 9.84 Å². The Labute approximate surface area is 112 Å². The molecule has 1 N–H and O–H groups in total. The zero-order chi connectivity index (χ0) is 13.8.